The van der Waals surface area contributed by atoms with E-state index >= 15 is 0 Å². The van der Waals surface area contributed by atoms with E-state index in [9.17, 15) is 0 Å². The fourth-order valence-corrected chi connectivity index (χ4v) is 2.50. The minimum absolute atomic E-state index is 0.436. The van der Waals surface area contributed by atoms with Crippen LogP contribution in [-0.4, -0.2) is 31.2 Å². The van der Waals surface area contributed by atoms with E-state index in [0.29, 0.717) is 18.5 Å². The Morgan fingerprint density at radius 1 is 1.59 bits per heavy atom. The molecule has 1 saturated heterocycles. The minimum Gasteiger partial charge on any atom is -0.481 e. The lowest BCUT2D eigenvalue weighted by Crippen LogP contribution is -2.46. The minimum atomic E-state index is 0.436. The van der Waals surface area contributed by atoms with Crippen LogP contribution in [0.3, 0.4) is 0 Å². The van der Waals surface area contributed by atoms with Crippen LogP contribution < -0.4 is 15.4 Å². The number of aromatic nitrogens is 1. The summed E-state index contributed by atoms with van der Waals surface area (Å²) in [7, 11) is 1.64. The van der Waals surface area contributed by atoms with Crippen LogP contribution in [0, 0.1) is 5.92 Å². The predicted octanol–water partition coefficient (Wildman–Crippen LogP) is 1.65. The average molecular weight is 235 g/mol. The Bertz CT molecular complexity index is 369. The van der Waals surface area contributed by atoms with Crippen molar-refractivity contribution in [2.75, 3.05) is 25.1 Å². The first-order chi connectivity index (χ1) is 8.24. The number of hydrogen-bond acceptors (Lipinski definition) is 4. The second-order valence-corrected chi connectivity index (χ2v) is 4.77. The number of pyridine rings is 1. The van der Waals surface area contributed by atoms with Crippen LogP contribution in [0.5, 0.6) is 5.88 Å². The number of nitrogens with zero attached hydrogens (tertiary/aromatic N) is 2. The number of anilines is 1. The van der Waals surface area contributed by atoms with Gasteiger partial charge >= 0.3 is 0 Å². The molecule has 1 fully saturated rings. The molecule has 0 radical (unpaired) electrons. The molecule has 94 valence electrons. The summed E-state index contributed by atoms with van der Waals surface area (Å²) >= 11 is 0. The van der Waals surface area contributed by atoms with Crippen molar-refractivity contribution in [3.8, 4) is 5.88 Å². The van der Waals surface area contributed by atoms with E-state index < -0.39 is 0 Å². The first kappa shape index (κ1) is 12.2. The molecule has 0 aliphatic carbocycles. The third-order valence-electron chi connectivity index (χ3n) is 3.51. The maximum Gasteiger partial charge on any atom is 0.214 e. The van der Waals surface area contributed by atoms with Crippen LogP contribution in [-0.2, 0) is 0 Å². The van der Waals surface area contributed by atoms with E-state index in [0.717, 1.165) is 12.5 Å². The van der Waals surface area contributed by atoms with E-state index in [1.54, 1.807) is 13.3 Å². The van der Waals surface area contributed by atoms with Gasteiger partial charge in [0.2, 0.25) is 5.88 Å². The zero-order valence-corrected chi connectivity index (χ0v) is 10.6. The van der Waals surface area contributed by atoms with E-state index in [4.69, 9.17) is 10.5 Å². The Hall–Kier alpha value is -1.29. The quantitative estimate of drug-likeness (QED) is 0.865. The van der Waals surface area contributed by atoms with Crippen LogP contribution >= 0.6 is 0 Å². The van der Waals surface area contributed by atoms with Gasteiger partial charge in [0.05, 0.1) is 7.11 Å². The monoisotopic (exact) mass is 235 g/mol. The maximum atomic E-state index is 5.88. The largest absolute Gasteiger partial charge is 0.481 e. The average Bonchev–Trinajstić information content (AvgIpc) is 2.38. The Labute approximate surface area is 103 Å². The zero-order valence-electron chi connectivity index (χ0n) is 10.6. The second-order valence-electron chi connectivity index (χ2n) is 4.77. The molecule has 2 unspecified atom stereocenters. The predicted molar refractivity (Wildman–Crippen MR) is 69.4 cm³/mol. The Kier molecular flexibility index (Phi) is 3.84. The fraction of sp³-hybridized carbons (Fsp3) is 0.615. The van der Waals surface area contributed by atoms with E-state index in [1.807, 2.05) is 12.1 Å². The number of hydrogen-bond donors (Lipinski definition) is 1. The van der Waals surface area contributed by atoms with Crippen molar-refractivity contribution in [1.29, 1.82) is 0 Å². The summed E-state index contributed by atoms with van der Waals surface area (Å²) in [6.07, 6.45) is 4.18. The summed E-state index contributed by atoms with van der Waals surface area (Å²) in [6, 6.07) is 4.45. The topological polar surface area (TPSA) is 51.4 Å². The highest BCUT2D eigenvalue weighted by atomic mass is 16.5. The van der Waals surface area contributed by atoms with Crippen LogP contribution in [0.1, 0.15) is 19.8 Å². The molecule has 2 atom stereocenters. The Morgan fingerprint density at radius 2 is 2.41 bits per heavy atom. The number of ether oxygens (including phenoxy) is 1. The van der Waals surface area contributed by atoms with Crippen molar-refractivity contribution in [1.82, 2.24) is 4.98 Å². The van der Waals surface area contributed by atoms with Crippen molar-refractivity contribution in [2.24, 2.45) is 11.7 Å². The molecule has 2 rings (SSSR count). The highest BCUT2D eigenvalue weighted by molar-refractivity contribution is 5.49. The molecule has 4 nitrogen and oxygen atoms in total. The van der Waals surface area contributed by atoms with Gasteiger partial charge in [0.15, 0.2) is 0 Å². The van der Waals surface area contributed by atoms with Gasteiger partial charge in [0.1, 0.15) is 0 Å². The molecule has 0 aromatic carbocycles. The van der Waals surface area contributed by atoms with Crippen LogP contribution in [0.2, 0.25) is 0 Å². The number of rotatable bonds is 3. The highest BCUT2D eigenvalue weighted by Crippen LogP contribution is 2.28. The fourth-order valence-electron chi connectivity index (χ4n) is 2.50. The summed E-state index contributed by atoms with van der Waals surface area (Å²) in [5.41, 5.74) is 7.04. The third-order valence-corrected chi connectivity index (χ3v) is 3.51. The lowest BCUT2D eigenvalue weighted by Gasteiger charge is -2.39. The van der Waals surface area contributed by atoms with E-state index in [2.05, 4.69) is 16.8 Å². The van der Waals surface area contributed by atoms with Gasteiger partial charge in [-0.25, -0.2) is 4.98 Å². The zero-order chi connectivity index (χ0) is 12.3. The summed E-state index contributed by atoms with van der Waals surface area (Å²) in [5, 5.41) is 0. The molecule has 1 aromatic rings. The van der Waals surface area contributed by atoms with Gasteiger partial charge in [-0.2, -0.15) is 0 Å². The Morgan fingerprint density at radius 3 is 3.12 bits per heavy atom. The molecule has 2 N–H and O–H groups in total. The normalized spacial score (nSPS) is 24.8. The van der Waals surface area contributed by atoms with Gasteiger partial charge in [-0.3, -0.25) is 0 Å². The molecular formula is C13H21N3O. The lowest BCUT2D eigenvalue weighted by atomic mass is 9.92. The van der Waals surface area contributed by atoms with Crippen molar-refractivity contribution in [3.05, 3.63) is 18.3 Å². The SMILES string of the molecule is COc1cc(N2CCC(C)CC2CN)ccn1. The molecule has 0 spiro atoms. The third kappa shape index (κ3) is 2.69. The van der Waals surface area contributed by atoms with Gasteiger partial charge in [-0.05, 0) is 24.8 Å². The molecule has 1 aliphatic rings. The molecule has 0 saturated carbocycles. The van der Waals surface area contributed by atoms with Crippen LogP contribution in [0.4, 0.5) is 5.69 Å². The first-order valence-electron chi connectivity index (χ1n) is 6.21. The summed E-state index contributed by atoms with van der Waals surface area (Å²) < 4.78 is 5.17. The molecule has 1 aromatic heterocycles. The van der Waals surface area contributed by atoms with Crippen molar-refractivity contribution in [2.45, 2.75) is 25.8 Å². The van der Waals surface area contributed by atoms with Crippen molar-refractivity contribution < 1.29 is 4.74 Å². The maximum absolute atomic E-state index is 5.88. The van der Waals surface area contributed by atoms with Gasteiger partial charge in [-0.15, -0.1) is 0 Å². The van der Waals surface area contributed by atoms with Crippen LogP contribution in [0.25, 0.3) is 0 Å². The smallest absolute Gasteiger partial charge is 0.214 e. The molecule has 0 amide bonds. The van der Waals surface area contributed by atoms with Crippen molar-refractivity contribution in [3.63, 3.8) is 0 Å². The summed E-state index contributed by atoms with van der Waals surface area (Å²) in [5.74, 6) is 1.43. The molecule has 0 bridgehead atoms. The van der Waals surface area contributed by atoms with E-state index in [1.165, 1.54) is 18.5 Å². The molecule has 17 heavy (non-hydrogen) atoms. The van der Waals surface area contributed by atoms with Crippen LogP contribution in [0.15, 0.2) is 18.3 Å². The number of piperidine rings is 1. The molecule has 4 heteroatoms. The van der Waals surface area contributed by atoms with Gasteiger partial charge in [0.25, 0.3) is 0 Å². The molecule has 1 aliphatic heterocycles. The Balaban J connectivity index is 2.19. The second kappa shape index (κ2) is 5.36. The van der Waals surface area contributed by atoms with Gasteiger partial charge in [-0.1, -0.05) is 6.92 Å². The van der Waals surface area contributed by atoms with Crippen molar-refractivity contribution >= 4 is 5.69 Å². The molecule has 2 heterocycles. The first-order valence-corrected chi connectivity index (χ1v) is 6.21. The highest BCUT2D eigenvalue weighted by Gasteiger charge is 2.25. The summed E-state index contributed by atoms with van der Waals surface area (Å²) in [4.78, 5) is 6.52. The number of methoxy groups -OCH3 is 1. The van der Waals surface area contributed by atoms with E-state index in [-0.39, 0.29) is 0 Å². The lowest BCUT2D eigenvalue weighted by molar-refractivity contribution is 0.365. The van der Waals surface area contributed by atoms with Gasteiger partial charge in [0, 0.05) is 37.1 Å². The number of nitrogens with two attached hydrogens (primary N) is 1. The summed E-state index contributed by atoms with van der Waals surface area (Å²) in [6.45, 7) is 4.07. The molecular weight excluding hydrogens is 214 g/mol. The van der Waals surface area contributed by atoms with Gasteiger partial charge < -0.3 is 15.4 Å². The standard InChI is InChI=1S/C13H21N3O/c1-10-4-6-16(12(7-10)9-14)11-3-5-15-13(8-11)17-2/h3,5,8,10,12H,4,6-7,9,14H2,1-2H3.